The Balaban J connectivity index is 0.000000691. The third kappa shape index (κ3) is 19.1. The summed E-state index contributed by atoms with van der Waals surface area (Å²) in [6.07, 6.45) is -1.43. The number of ether oxygens (including phenoxy) is 4. The maximum atomic E-state index is 11.7. The average Bonchev–Trinajstić information content (AvgIpc) is 2.64. The first-order chi connectivity index (χ1) is 16.0. The zero-order valence-corrected chi connectivity index (χ0v) is 22.9. The van der Waals surface area contributed by atoms with Crippen molar-refractivity contribution in [1.29, 1.82) is 0 Å². The number of hydrogen-bond donors (Lipinski definition) is 2. The topological polar surface area (TPSA) is 112 Å². The Bertz CT molecular complexity index is 768. The molecule has 35 heavy (non-hydrogen) atoms. The molecule has 1 aromatic rings. The van der Waals surface area contributed by atoms with Crippen molar-refractivity contribution < 1.29 is 33.3 Å². The molecule has 1 rings (SSSR count). The predicted octanol–water partition coefficient (Wildman–Crippen LogP) is 7.22. The van der Waals surface area contributed by atoms with Gasteiger partial charge in [-0.05, 0) is 71.9 Å². The summed E-state index contributed by atoms with van der Waals surface area (Å²) in [6, 6.07) is 7.67. The largest absolute Gasteiger partial charge is 0.519 e. The van der Waals surface area contributed by atoms with Gasteiger partial charge in [0, 0.05) is 6.54 Å². The van der Waals surface area contributed by atoms with E-state index in [0.717, 1.165) is 24.3 Å². The molecule has 2 N–H and O–H groups in total. The molecule has 0 fully saturated rings. The van der Waals surface area contributed by atoms with E-state index in [1.807, 2.05) is 38.1 Å². The lowest BCUT2D eigenvalue weighted by Gasteiger charge is -2.20. The van der Waals surface area contributed by atoms with Gasteiger partial charge in [-0.2, -0.15) is 0 Å². The molecule has 0 unspecified atom stereocenters. The van der Waals surface area contributed by atoms with Gasteiger partial charge >= 0.3 is 18.4 Å². The van der Waals surface area contributed by atoms with Crippen molar-refractivity contribution in [1.82, 2.24) is 0 Å². The van der Waals surface area contributed by atoms with Gasteiger partial charge in [-0.25, -0.2) is 14.4 Å². The van der Waals surface area contributed by atoms with Crippen LogP contribution >= 0.6 is 0 Å². The molecular weight excluding hydrogens is 452 g/mol. The molecule has 1 amide bonds. The van der Waals surface area contributed by atoms with Crippen molar-refractivity contribution in [2.75, 3.05) is 23.8 Å². The Morgan fingerprint density at radius 2 is 1.29 bits per heavy atom. The molecule has 0 aliphatic heterocycles. The van der Waals surface area contributed by atoms with Gasteiger partial charge in [0.25, 0.3) is 0 Å². The van der Waals surface area contributed by atoms with Crippen LogP contribution in [0, 0.1) is 11.8 Å². The Labute approximate surface area is 210 Å². The molecule has 0 heterocycles. The second kappa shape index (κ2) is 15.1. The van der Waals surface area contributed by atoms with Crippen LogP contribution in [0.15, 0.2) is 24.3 Å². The van der Waals surface area contributed by atoms with Crippen LogP contribution in [-0.2, 0) is 18.9 Å². The normalized spacial score (nSPS) is 11.2. The van der Waals surface area contributed by atoms with Crippen molar-refractivity contribution in [3.63, 3.8) is 0 Å². The van der Waals surface area contributed by atoms with Crippen LogP contribution in [0.4, 0.5) is 25.8 Å². The highest BCUT2D eigenvalue weighted by molar-refractivity contribution is 5.89. The quantitative estimate of drug-likeness (QED) is 0.231. The van der Waals surface area contributed by atoms with E-state index >= 15 is 0 Å². The molecule has 0 radical (unpaired) electrons. The number of carbonyl (C=O) groups excluding carboxylic acids is 3. The number of nitrogens with one attached hydrogen (secondary N) is 2. The molecule has 9 nitrogen and oxygen atoms in total. The highest BCUT2D eigenvalue weighted by Crippen LogP contribution is 2.21. The Hall–Kier alpha value is -2.97. The van der Waals surface area contributed by atoms with E-state index in [4.69, 9.17) is 14.2 Å². The molecule has 0 bridgehead atoms. The monoisotopic (exact) mass is 496 g/mol. The standard InChI is InChI=1S/C16H26N2O2.C10H18O5/c1-12(2)9-10-17-14-7-5-6-8-15(14)18-16(19)20-11-13(3)4;1-9(2,3)14-7(11)13-8(12)15-10(4,5)6/h5-8,12-13,17H,9-11H2,1-4H3,(H,18,19);1-6H3. The highest BCUT2D eigenvalue weighted by Gasteiger charge is 2.24. The lowest BCUT2D eigenvalue weighted by atomic mass is 10.1. The van der Waals surface area contributed by atoms with Crippen LogP contribution in [0.3, 0.4) is 0 Å². The molecule has 1 aromatic carbocycles. The molecular formula is C26H44N2O7. The summed E-state index contributed by atoms with van der Waals surface area (Å²) in [7, 11) is 0. The smallest absolute Gasteiger partial charge is 0.449 e. The maximum Gasteiger partial charge on any atom is 0.519 e. The Morgan fingerprint density at radius 3 is 1.71 bits per heavy atom. The van der Waals surface area contributed by atoms with Gasteiger partial charge in [0.15, 0.2) is 0 Å². The van der Waals surface area contributed by atoms with E-state index in [1.165, 1.54) is 0 Å². The Kier molecular flexibility index (Phi) is 13.8. The fourth-order valence-electron chi connectivity index (χ4n) is 2.24. The van der Waals surface area contributed by atoms with Gasteiger partial charge in [-0.15, -0.1) is 0 Å². The average molecular weight is 497 g/mol. The molecule has 0 aliphatic carbocycles. The van der Waals surface area contributed by atoms with Gasteiger partial charge in [0.05, 0.1) is 18.0 Å². The summed E-state index contributed by atoms with van der Waals surface area (Å²) in [4.78, 5) is 33.7. The van der Waals surface area contributed by atoms with Crippen molar-refractivity contribution in [3.05, 3.63) is 24.3 Å². The number of amides is 1. The molecule has 0 saturated heterocycles. The minimum atomic E-state index is -1.06. The SMILES string of the molecule is CC(C)(C)OC(=O)OC(=O)OC(C)(C)C.CC(C)CCNc1ccccc1NC(=O)OCC(C)C. The highest BCUT2D eigenvalue weighted by atomic mass is 16.8. The summed E-state index contributed by atoms with van der Waals surface area (Å²) in [5.41, 5.74) is 0.290. The molecule has 9 heteroatoms. The van der Waals surface area contributed by atoms with E-state index in [0.29, 0.717) is 18.4 Å². The third-order valence-electron chi connectivity index (χ3n) is 3.69. The van der Waals surface area contributed by atoms with Crippen molar-refractivity contribution in [2.45, 2.75) is 86.9 Å². The van der Waals surface area contributed by atoms with E-state index < -0.39 is 29.6 Å². The van der Waals surface area contributed by atoms with E-state index in [-0.39, 0.29) is 0 Å². The first-order valence-corrected chi connectivity index (χ1v) is 11.9. The van der Waals surface area contributed by atoms with Gasteiger partial charge in [-0.3, -0.25) is 5.32 Å². The van der Waals surface area contributed by atoms with Crippen LogP contribution in [0.5, 0.6) is 0 Å². The molecule has 0 atom stereocenters. The van der Waals surface area contributed by atoms with E-state index in [1.54, 1.807) is 41.5 Å². The van der Waals surface area contributed by atoms with Crippen LogP contribution in [-0.4, -0.2) is 42.8 Å². The zero-order valence-electron chi connectivity index (χ0n) is 22.9. The first kappa shape index (κ1) is 32.0. The summed E-state index contributed by atoms with van der Waals surface area (Å²) in [5, 5.41) is 6.12. The number of benzene rings is 1. The van der Waals surface area contributed by atoms with Crippen LogP contribution in [0.25, 0.3) is 0 Å². The van der Waals surface area contributed by atoms with Crippen molar-refractivity contribution in [2.24, 2.45) is 11.8 Å². The Morgan fingerprint density at radius 1 is 0.800 bits per heavy atom. The summed E-state index contributed by atoms with van der Waals surface area (Å²) in [5.74, 6) is 0.985. The number of para-hydroxylation sites is 2. The first-order valence-electron chi connectivity index (χ1n) is 11.9. The predicted molar refractivity (Wildman–Crippen MR) is 138 cm³/mol. The van der Waals surface area contributed by atoms with Gasteiger partial charge in [0.1, 0.15) is 11.2 Å². The summed E-state index contributed by atoms with van der Waals surface area (Å²) >= 11 is 0. The maximum absolute atomic E-state index is 11.7. The number of rotatable bonds is 7. The number of hydrogen-bond acceptors (Lipinski definition) is 8. The summed E-state index contributed by atoms with van der Waals surface area (Å²) in [6.45, 7) is 19.7. The second-order valence-electron chi connectivity index (χ2n) is 10.8. The molecule has 0 spiro atoms. The van der Waals surface area contributed by atoms with Crippen LogP contribution in [0.2, 0.25) is 0 Å². The number of anilines is 2. The van der Waals surface area contributed by atoms with Crippen LogP contribution in [0.1, 0.15) is 75.7 Å². The number of carbonyl (C=O) groups is 3. The van der Waals surface area contributed by atoms with Crippen molar-refractivity contribution >= 4 is 29.8 Å². The van der Waals surface area contributed by atoms with Crippen LogP contribution < -0.4 is 10.6 Å². The van der Waals surface area contributed by atoms with Gasteiger partial charge < -0.3 is 24.3 Å². The minimum absolute atomic E-state index is 0.333. The van der Waals surface area contributed by atoms with Gasteiger partial charge in [-0.1, -0.05) is 39.8 Å². The van der Waals surface area contributed by atoms with Gasteiger partial charge in [0.2, 0.25) is 0 Å². The lowest BCUT2D eigenvalue weighted by Crippen LogP contribution is -2.29. The zero-order chi connectivity index (χ0) is 27.2. The fraction of sp³-hybridized carbons (Fsp3) is 0.654. The molecule has 200 valence electrons. The third-order valence-corrected chi connectivity index (χ3v) is 3.69. The fourth-order valence-corrected chi connectivity index (χ4v) is 2.24. The molecule has 0 aliphatic rings. The van der Waals surface area contributed by atoms with E-state index in [2.05, 4.69) is 29.2 Å². The second-order valence-corrected chi connectivity index (χ2v) is 10.8. The molecule has 0 aromatic heterocycles. The summed E-state index contributed by atoms with van der Waals surface area (Å²) < 4.78 is 18.9. The minimum Gasteiger partial charge on any atom is -0.449 e. The molecule has 0 saturated carbocycles. The van der Waals surface area contributed by atoms with E-state index in [9.17, 15) is 14.4 Å². The van der Waals surface area contributed by atoms with Crippen molar-refractivity contribution in [3.8, 4) is 0 Å². The lowest BCUT2D eigenvalue weighted by molar-refractivity contribution is -0.0293.